The van der Waals surface area contributed by atoms with Crippen molar-refractivity contribution in [3.05, 3.63) is 64.7 Å². The van der Waals surface area contributed by atoms with Crippen molar-refractivity contribution in [3.63, 3.8) is 0 Å². The summed E-state index contributed by atoms with van der Waals surface area (Å²) in [6.07, 6.45) is 2.29. The van der Waals surface area contributed by atoms with E-state index in [-0.39, 0.29) is 17.7 Å². The number of nitrogens with one attached hydrogen (secondary N) is 1. The maximum Gasteiger partial charge on any atom is 0.251 e. The van der Waals surface area contributed by atoms with Crippen LogP contribution in [0.4, 0.5) is 5.69 Å². The summed E-state index contributed by atoms with van der Waals surface area (Å²) in [7, 11) is -3.31. The molecule has 0 radical (unpaired) electrons. The molecule has 0 bridgehead atoms. The molecule has 6 heteroatoms. The van der Waals surface area contributed by atoms with Gasteiger partial charge >= 0.3 is 0 Å². The van der Waals surface area contributed by atoms with Gasteiger partial charge in [0.05, 0.1) is 17.5 Å². The molecule has 28 heavy (non-hydrogen) atoms. The van der Waals surface area contributed by atoms with Gasteiger partial charge in [-0.05, 0) is 56.4 Å². The van der Waals surface area contributed by atoms with E-state index in [1.165, 1.54) is 9.87 Å². The molecule has 1 fully saturated rings. The number of amides is 1. The second-order valence-electron chi connectivity index (χ2n) is 7.44. The SMILES string of the molecule is CC[C@@H](NC(=O)c1ccc(C)c(N2CCCCS2(=O)=O)c1)c1ccc(C)cc1. The zero-order chi connectivity index (χ0) is 20.3. The fourth-order valence-electron chi connectivity index (χ4n) is 3.54. The summed E-state index contributed by atoms with van der Waals surface area (Å²) < 4.78 is 26.4. The molecule has 1 amide bonds. The lowest BCUT2D eigenvalue weighted by molar-refractivity contribution is 0.0935. The van der Waals surface area contributed by atoms with E-state index in [9.17, 15) is 13.2 Å². The van der Waals surface area contributed by atoms with Crippen molar-refractivity contribution in [3.8, 4) is 0 Å². The molecule has 0 aromatic heterocycles. The Kier molecular flexibility index (Phi) is 6.08. The molecule has 0 saturated carbocycles. The van der Waals surface area contributed by atoms with Crippen molar-refractivity contribution < 1.29 is 13.2 Å². The first-order chi connectivity index (χ1) is 13.3. The van der Waals surface area contributed by atoms with E-state index in [1.54, 1.807) is 12.1 Å². The van der Waals surface area contributed by atoms with Crippen molar-refractivity contribution in [1.82, 2.24) is 5.32 Å². The van der Waals surface area contributed by atoms with Crippen LogP contribution in [0.3, 0.4) is 0 Å². The standard InChI is InChI=1S/C22H28N2O3S/c1-4-20(18-10-7-16(2)8-11-18)23-22(25)19-12-9-17(3)21(15-19)24-13-5-6-14-28(24,26)27/h7-12,15,20H,4-6,13-14H2,1-3H3,(H,23,25)/t20-/m1/s1. The van der Waals surface area contributed by atoms with Crippen LogP contribution in [-0.2, 0) is 10.0 Å². The highest BCUT2D eigenvalue weighted by Gasteiger charge is 2.27. The minimum atomic E-state index is -3.31. The third kappa shape index (κ3) is 4.38. The fourth-order valence-corrected chi connectivity index (χ4v) is 5.23. The van der Waals surface area contributed by atoms with E-state index in [1.807, 2.05) is 51.1 Å². The van der Waals surface area contributed by atoms with E-state index >= 15 is 0 Å². The highest BCUT2D eigenvalue weighted by Crippen LogP contribution is 2.28. The first-order valence-electron chi connectivity index (χ1n) is 9.80. The summed E-state index contributed by atoms with van der Waals surface area (Å²) in [6, 6.07) is 13.3. The Labute approximate surface area is 167 Å². The molecule has 150 valence electrons. The minimum Gasteiger partial charge on any atom is -0.345 e. The van der Waals surface area contributed by atoms with Gasteiger partial charge in [0.15, 0.2) is 0 Å². The number of benzene rings is 2. The van der Waals surface area contributed by atoms with E-state index in [0.717, 1.165) is 24.0 Å². The summed E-state index contributed by atoms with van der Waals surface area (Å²) in [4.78, 5) is 12.9. The smallest absolute Gasteiger partial charge is 0.251 e. The first-order valence-corrected chi connectivity index (χ1v) is 11.4. The Morgan fingerprint density at radius 1 is 1.11 bits per heavy atom. The van der Waals surface area contributed by atoms with Gasteiger partial charge in [0, 0.05) is 12.1 Å². The molecule has 0 spiro atoms. The molecule has 2 aromatic carbocycles. The largest absolute Gasteiger partial charge is 0.345 e. The summed E-state index contributed by atoms with van der Waals surface area (Å²) >= 11 is 0. The van der Waals surface area contributed by atoms with Crippen LogP contribution in [0.1, 0.15) is 59.3 Å². The Hall–Kier alpha value is -2.34. The van der Waals surface area contributed by atoms with Crippen LogP contribution in [0.5, 0.6) is 0 Å². The van der Waals surface area contributed by atoms with Crippen molar-refractivity contribution >= 4 is 21.6 Å². The molecule has 5 nitrogen and oxygen atoms in total. The molecule has 0 aliphatic carbocycles. The van der Waals surface area contributed by atoms with Crippen LogP contribution < -0.4 is 9.62 Å². The van der Waals surface area contributed by atoms with Crippen LogP contribution in [-0.4, -0.2) is 26.6 Å². The van der Waals surface area contributed by atoms with Crippen LogP contribution in [0.2, 0.25) is 0 Å². The number of nitrogens with zero attached hydrogens (tertiary/aromatic N) is 1. The van der Waals surface area contributed by atoms with Gasteiger partial charge in [-0.2, -0.15) is 0 Å². The number of rotatable bonds is 5. The van der Waals surface area contributed by atoms with Gasteiger partial charge in [0.1, 0.15) is 0 Å². The number of carbonyl (C=O) groups excluding carboxylic acids is 1. The molecular formula is C22H28N2O3S. The second-order valence-corrected chi connectivity index (χ2v) is 9.45. The van der Waals surface area contributed by atoms with Gasteiger partial charge in [-0.25, -0.2) is 8.42 Å². The molecule has 0 unspecified atom stereocenters. The normalized spacial score (nSPS) is 17.2. The maximum absolute atomic E-state index is 12.9. The maximum atomic E-state index is 12.9. The van der Waals surface area contributed by atoms with Gasteiger partial charge in [-0.1, -0.05) is 42.8 Å². The highest BCUT2D eigenvalue weighted by molar-refractivity contribution is 7.92. The second kappa shape index (κ2) is 8.35. The third-order valence-corrected chi connectivity index (χ3v) is 7.14. The molecule has 1 atom stereocenters. The molecular weight excluding hydrogens is 372 g/mol. The van der Waals surface area contributed by atoms with Crippen molar-refractivity contribution in [2.24, 2.45) is 0 Å². The predicted molar refractivity (Wildman–Crippen MR) is 113 cm³/mol. The Bertz CT molecular complexity index is 952. The average Bonchev–Trinajstić information content (AvgIpc) is 2.67. The van der Waals surface area contributed by atoms with Gasteiger partial charge in [0.2, 0.25) is 10.0 Å². The molecule has 2 aromatic rings. The molecule has 1 saturated heterocycles. The van der Waals surface area contributed by atoms with Crippen molar-refractivity contribution in [2.75, 3.05) is 16.6 Å². The lowest BCUT2D eigenvalue weighted by Gasteiger charge is -2.30. The zero-order valence-corrected chi connectivity index (χ0v) is 17.6. The summed E-state index contributed by atoms with van der Waals surface area (Å²) in [5, 5.41) is 3.08. The number of anilines is 1. The zero-order valence-electron chi connectivity index (χ0n) is 16.7. The van der Waals surface area contributed by atoms with Crippen molar-refractivity contribution in [1.29, 1.82) is 0 Å². The minimum absolute atomic E-state index is 0.0865. The Morgan fingerprint density at radius 2 is 1.82 bits per heavy atom. The van der Waals surface area contributed by atoms with E-state index in [0.29, 0.717) is 24.2 Å². The summed E-state index contributed by atoms with van der Waals surface area (Å²) in [6.45, 7) is 6.41. The Morgan fingerprint density at radius 3 is 2.46 bits per heavy atom. The van der Waals surface area contributed by atoms with Crippen LogP contribution in [0.15, 0.2) is 42.5 Å². The molecule has 1 aliphatic heterocycles. The van der Waals surface area contributed by atoms with Crippen LogP contribution in [0, 0.1) is 13.8 Å². The summed E-state index contributed by atoms with van der Waals surface area (Å²) in [5.74, 6) is -0.0307. The number of carbonyl (C=O) groups is 1. The number of sulfonamides is 1. The monoisotopic (exact) mass is 400 g/mol. The quantitative estimate of drug-likeness (QED) is 0.821. The fraction of sp³-hybridized carbons (Fsp3) is 0.409. The Balaban J connectivity index is 1.85. The topological polar surface area (TPSA) is 66.5 Å². The first kappa shape index (κ1) is 20.4. The van der Waals surface area contributed by atoms with Gasteiger partial charge in [-0.3, -0.25) is 9.10 Å². The third-order valence-electron chi connectivity index (χ3n) is 5.28. The lowest BCUT2D eigenvalue weighted by atomic mass is 10.0. The van der Waals surface area contributed by atoms with E-state index < -0.39 is 10.0 Å². The van der Waals surface area contributed by atoms with Gasteiger partial charge in [-0.15, -0.1) is 0 Å². The van der Waals surface area contributed by atoms with E-state index in [2.05, 4.69) is 5.32 Å². The number of hydrogen-bond donors (Lipinski definition) is 1. The molecule has 3 rings (SSSR count). The van der Waals surface area contributed by atoms with Crippen molar-refractivity contribution in [2.45, 2.75) is 46.1 Å². The van der Waals surface area contributed by atoms with Crippen LogP contribution in [0.25, 0.3) is 0 Å². The van der Waals surface area contributed by atoms with E-state index in [4.69, 9.17) is 0 Å². The van der Waals surface area contributed by atoms with Gasteiger partial charge in [0.25, 0.3) is 5.91 Å². The highest BCUT2D eigenvalue weighted by atomic mass is 32.2. The summed E-state index contributed by atoms with van der Waals surface area (Å²) in [5.41, 5.74) is 4.18. The predicted octanol–water partition coefficient (Wildman–Crippen LogP) is 4.11. The molecule has 1 heterocycles. The van der Waals surface area contributed by atoms with Gasteiger partial charge < -0.3 is 5.32 Å². The molecule has 1 aliphatic rings. The number of hydrogen-bond acceptors (Lipinski definition) is 3. The lowest BCUT2D eigenvalue weighted by Crippen LogP contribution is -2.38. The molecule has 1 N–H and O–H groups in total. The number of aryl methyl sites for hydroxylation is 2. The average molecular weight is 401 g/mol. The van der Waals surface area contributed by atoms with Crippen LogP contribution >= 0.6 is 0 Å².